The van der Waals surface area contributed by atoms with Crippen LogP contribution in [0, 0.1) is 12.8 Å². The Kier molecular flexibility index (Phi) is 3.19. The fourth-order valence-electron chi connectivity index (χ4n) is 3.08. The molecule has 0 N–H and O–H groups in total. The third-order valence-electron chi connectivity index (χ3n) is 4.43. The van der Waals surface area contributed by atoms with Gasteiger partial charge in [-0.2, -0.15) is 5.10 Å². The molecule has 0 radical (unpaired) electrons. The number of hydrogen-bond acceptors (Lipinski definition) is 4. The average molecular weight is 264 g/mol. The molecule has 2 saturated heterocycles. The van der Waals surface area contributed by atoms with Crippen LogP contribution in [0.4, 0.5) is 0 Å². The van der Waals surface area contributed by atoms with Gasteiger partial charge in [0, 0.05) is 38.3 Å². The summed E-state index contributed by atoms with van der Waals surface area (Å²) in [4.78, 5) is 12.6. The van der Waals surface area contributed by atoms with E-state index in [0.717, 1.165) is 37.1 Å². The molecule has 5 heteroatoms. The van der Waals surface area contributed by atoms with Crippen LogP contribution in [0.5, 0.6) is 0 Å². The summed E-state index contributed by atoms with van der Waals surface area (Å²) in [5, 5.41) is 4.16. The second-order valence-corrected chi connectivity index (χ2v) is 5.66. The summed E-state index contributed by atoms with van der Waals surface area (Å²) in [7, 11) is 1.86. The van der Waals surface area contributed by atoms with Crippen molar-refractivity contribution >= 4 is 5.78 Å². The van der Waals surface area contributed by atoms with Gasteiger partial charge in [0.2, 0.25) is 0 Å². The second-order valence-electron chi connectivity index (χ2n) is 5.66. The molecule has 3 rings (SSSR count). The van der Waals surface area contributed by atoms with Gasteiger partial charge in [0.1, 0.15) is 0 Å². The number of carbonyl (C=O) groups excluding carboxylic acids is 1. The second kappa shape index (κ2) is 4.72. The van der Waals surface area contributed by atoms with Gasteiger partial charge in [-0.15, -0.1) is 0 Å². The summed E-state index contributed by atoms with van der Waals surface area (Å²) in [6.07, 6.45) is 4.17. The number of Topliss-reactive ketones (excluding diaryl/α,β-unsaturated/α-hetero) is 1. The van der Waals surface area contributed by atoms with Gasteiger partial charge in [-0.05, 0) is 19.8 Å². The van der Waals surface area contributed by atoms with Crippen LogP contribution in [0.1, 0.15) is 35.3 Å². The largest absolute Gasteiger partial charge is 0.378 e. The van der Waals surface area contributed by atoms with E-state index in [9.17, 15) is 4.79 Å². The van der Waals surface area contributed by atoms with Crippen molar-refractivity contribution in [3.05, 3.63) is 17.5 Å². The summed E-state index contributed by atoms with van der Waals surface area (Å²) < 4.78 is 13.1. The van der Waals surface area contributed by atoms with Crippen LogP contribution in [0.15, 0.2) is 6.20 Å². The molecule has 19 heavy (non-hydrogen) atoms. The van der Waals surface area contributed by atoms with Crippen LogP contribution < -0.4 is 0 Å². The highest BCUT2D eigenvalue weighted by molar-refractivity contribution is 5.98. The topological polar surface area (TPSA) is 53.4 Å². The van der Waals surface area contributed by atoms with E-state index in [1.54, 1.807) is 10.9 Å². The lowest BCUT2D eigenvalue weighted by atomic mass is 9.81. The first-order valence-corrected chi connectivity index (χ1v) is 6.86. The lowest BCUT2D eigenvalue weighted by Gasteiger charge is -2.36. The summed E-state index contributed by atoms with van der Waals surface area (Å²) in [6.45, 7) is 3.96. The number of aryl methyl sites for hydroxylation is 1. The van der Waals surface area contributed by atoms with Crippen molar-refractivity contribution in [2.24, 2.45) is 13.0 Å². The lowest BCUT2D eigenvalue weighted by molar-refractivity contribution is -0.0920. The summed E-state index contributed by atoms with van der Waals surface area (Å²) >= 11 is 0. The van der Waals surface area contributed by atoms with Gasteiger partial charge < -0.3 is 9.47 Å². The molecule has 2 atom stereocenters. The van der Waals surface area contributed by atoms with Gasteiger partial charge >= 0.3 is 0 Å². The quantitative estimate of drug-likeness (QED) is 0.760. The first kappa shape index (κ1) is 12.8. The minimum Gasteiger partial charge on any atom is -0.378 e. The van der Waals surface area contributed by atoms with Gasteiger partial charge in [-0.1, -0.05) is 0 Å². The number of aromatic nitrogens is 2. The third-order valence-corrected chi connectivity index (χ3v) is 4.43. The molecule has 2 aliphatic rings. The molecule has 104 valence electrons. The Hall–Kier alpha value is -1.20. The number of rotatable bonds is 2. The van der Waals surface area contributed by atoms with Crippen LogP contribution >= 0.6 is 0 Å². The number of ketones is 1. The third kappa shape index (κ3) is 2.21. The van der Waals surface area contributed by atoms with Crippen molar-refractivity contribution in [2.75, 3.05) is 19.8 Å². The van der Waals surface area contributed by atoms with E-state index in [1.165, 1.54) is 0 Å². The number of nitrogens with zero attached hydrogens (tertiary/aromatic N) is 2. The average Bonchev–Trinajstić information content (AvgIpc) is 2.98. The molecule has 2 unspecified atom stereocenters. The van der Waals surface area contributed by atoms with Crippen molar-refractivity contribution in [2.45, 2.75) is 31.8 Å². The van der Waals surface area contributed by atoms with Crippen molar-refractivity contribution in [3.8, 4) is 0 Å². The van der Waals surface area contributed by atoms with Crippen LogP contribution in [-0.2, 0) is 16.5 Å². The molecule has 5 nitrogen and oxygen atoms in total. The normalized spacial score (nSPS) is 30.9. The predicted octanol–water partition coefficient (Wildman–Crippen LogP) is 1.50. The van der Waals surface area contributed by atoms with Crippen LogP contribution in [0.3, 0.4) is 0 Å². The van der Waals surface area contributed by atoms with E-state index in [1.807, 2.05) is 14.0 Å². The minimum atomic E-state index is -0.214. The molecule has 3 heterocycles. The summed E-state index contributed by atoms with van der Waals surface area (Å²) in [6, 6.07) is 0. The van der Waals surface area contributed by atoms with E-state index in [-0.39, 0.29) is 17.3 Å². The SMILES string of the molecule is Cc1c(C(=O)C2CCOC3(CCOC3)C2)cnn1C. The van der Waals surface area contributed by atoms with E-state index in [4.69, 9.17) is 9.47 Å². The lowest BCUT2D eigenvalue weighted by Crippen LogP contribution is -2.42. The maximum atomic E-state index is 12.6. The Balaban J connectivity index is 1.78. The predicted molar refractivity (Wildman–Crippen MR) is 69.1 cm³/mol. The Morgan fingerprint density at radius 1 is 1.53 bits per heavy atom. The zero-order chi connectivity index (χ0) is 13.5. The van der Waals surface area contributed by atoms with Crippen LogP contribution in [0.2, 0.25) is 0 Å². The molecular weight excluding hydrogens is 244 g/mol. The Morgan fingerprint density at radius 2 is 2.37 bits per heavy atom. The number of carbonyl (C=O) groups is 1. The zero-order valence-electron chi connectivity index (χ0n) is 11.5. The first-order valence-electron chi connectivity index (χ1n) is 6.86. The molecule has 0 aromatic carbocycles. The number of hydrogen-bond donors (Lipinski definition) is 0. The maximum absolute atomic E-state index is 12.6. The van der Waals surface area contributed by atoms with Crippen LogP contribution in [-0.4, -0.2) is 41.0 Å². The molecular formula is C14H20N2O3. The first-order chi connectivity index (χ1) is 9.11. The molecule has 0 amide bonds. The van der Waals surface area contributed by atoms with Gasteiger partial charge in [-0.3, -0.25) is 9.48 Å². The highest BCUT2D eigenvalue weighted by atomic mass is 16.6. The monoisotopic (exact) mass is 264 g/mol. The van der Waals surface area contributed by atoms with Gasteiger partial charge in [0.15, 0.2) is 5.78 Å². The van der Waals surface area contributed by atoms with E-state index < -0.39 is 0 Å². The van der Waals surface area contributed by atoms with Gasteiger partial charge in [0.05, 0.1) is 24.0 Å². The fraction of sp³-hybridized carbons (Fsp3) is 0.714. The molecule has 0 saturated carbocycles. The van der Waals surface area contributed by atoms with Gasteiger partial charge in [-0.25, -0.2) is 0 Å². The van der Waals surface area contributed by atoms with Crippen molar-refractivity contribution in [1.29, 1.82) is 0 Å². The van der Waals surface area contributed by atoms with Crippen LogP contribution in [0.25, 0.3) is 0 Å². The fourth-order valence-corrected chi connectivity index (χ4v) is 3.08. The van der Waals surface area contributed by atoms with Crippen molar-refractivity contribution in [3.63, 3.8) is 0 Å². The standard InChI is InChI=1S/C14H20N2O3/c1-10-12(8-15-16(10)2)13(17)11-3-5-19-14(7-11)4-6-18-9-14/h8,11H,3-7,9H2,1-2H3. The van der Waals surface area contributed by atoms with E-state index >= 15 is 0 Å². The Labute approximate surface area is 112 Å². The number of ether oxygens (including phenoxy) is 2. The van der Waals surface area contributed by atoms with Crippen molar-refractivity contribution in [1.82, 2.24) is 9.78 Å². The highest BCUT2D eigenvalue weighted by Crippen LogP contribution is 2.37. The Bertz CT molecular complexity index is 489. The molecule has 1 aromatic rings. The molecule has 2 aliphatic heterocycles. The maximum Gasteiger partial charge on any atom is 0.169 e. The molecule has 2 fully saturated rings. The van der Waals surface area contributed by atoms with E-state index in [2.05, 4.69) is 5.10 Å². The molecule has 0 aliphatic carbocycles. The van der Waals surface area contributed by atoms with Gasteiger partial charge in [0.25, 0.3) is 0 Å². The van der Waals surface area contributed by atoms with Crippen molar-refractivity contribution < 1.29 is 14.3 Å². The minimum absolute atomic E-state index is 0.0401. The zero-order valence-corrected chi connectivity index (χ0v) is 11.5. The molecule has 1 spiro atoms. The smallest absolute Gasteiger partial charge is 0.169 e. The molecule has 0 bridgehead atoms. The summed E-state index contributed by atoms with van der Waals surface area (Å²) in [5.74, 6) is 0.249. The summed E-state index contributed by atoms with van der Waals surface area (Å²) in [5.41, 5.74) is 1.48. The molecule has 1 aromatic heterocycles. The Morgan fingerprint density at radius 3 is 3.00 bits per heavy atom. The highest BCUT2D eigenvalue weighted by Gasteiger charge is 2.43. The van der Waals surface area contributed by atoms with E-state index in [0.29, 0.717) is 13.2 Å².